The van der Waals surface area contributed by atoms with Gasteiger partial charge in [-0.15, -0.1) is 0 Å². The van der Waals surface area contributed by atoms with Gasteiger partial charge in [-0.25, -0.2) is 4.79 Å². The molecule has 1 atom stereocenters. The number of carboxylic acid groups (broad SMARTS) is 1. The SMILES string of the molecule is CCCC[C@H](C(=O)O)[n+]1ccc(CCS(=O)(=O)O)cc1. The first kappa shape index (κ1) is 16.6. The Morgan fingerprint density at radius 3 is 2.40 bits per heavy atom. The molecule has 0 bridgehead atoms. The predicted octanol–water partition coefficient (Wildman–Crippen LogP) is 1.22. The molecule has 20 heavy (non-hydrogen) atoms. The Kier molecular flexibility index (Phi) is 6.09. The molecule has 7 heteroatoms. The molecule has 0 aliphatic rings. The smallest absolute Gasteiger partial charge is 0.373 e. The van der Waals surface area contributed by atoms with Gasteiger partial charge in [-0.3, -0.25) is 4.55 Å². The van der Waals surface area contributed by atoms with E-state index in [-0.39, 0.29) is 12.2 Å². The first-order valence-electron chi connectivity index (χ1n) is 6.51. The van der Waals surface area contributed by atoms with Crippen molar-refractivity contribution in [3.8, 4) is 0 Å². The maximum Gasteiger partial charge on any atom is 0.373 e. The van der Waals surface area contributed by atoms with Crippen molar-refractivity contribution in [2.75, 3.05) is 5.75 Å². The van der Waals surface area contributed by atoms with Gasteiger partial charge in [0.25, 0.3) is 16.2 Å². The number of aryl methyl sites for hydroxylation is 1. The average molecular weight is 302 g/mol. The van der Waals surface area contributed by atoms with Crippen LogP contribution in [0.25, 0.3) is 0 Å². The summed E-state index contributed by atoms with van der Waals surface area (Å²) in [7, 11) is -3.98. The molecule has 0 fully saturated rings. The van der Waals surface area contributed by atoms with Crippen LogP contribution in [0.15, 0.2) is 24.5 Å². The summed E-state index contributed by atoms with van der Waals surface area (Å²) in [5.41, 5.74) is 0.735. The lowest BCUT2D eigenvalue weighted by molar-refractivity contribution is -0.711. The number of unbranched alkanes of at least 4 members (excludes halogenated alkanes) is 1. The highest BCUT2D eigenvalue weighted by molar-refractivity contribution is 7.85. The van der Waals surface area contributed by atoms with Crippen molar-refractivity contribution in [2.24, 2.45) is 0 Å². The van der Waals surface area contributed by atoms with Crippen molar-refractivity contribution in [3.05, 3.63) is 30.1 Å². The molecule has 1 aromatic heterocycles. The van der Waals surface area contributed by atoms with E-state index in [0.29, 0.717) is 6.42 Å². The van der Waals surface area contributed by atoms with Crippen molar-refractivity contribution < 1.29 is 27.4 Å². The number of hydrogen-bond donors (Lipinski definition) is 2. The third-order valence-electron chi connectivity index (χ3n) is 3.05. The third kappa shape index (κ3) is 5.66. The summed E-state index contributed by atoms with van der Waals surface area (Å²) in [6, 6.07) is 2.74. The number of aromatic nitrogens is 1. The van der Waals surface area contributed by atoms with Gasteiger partial charge in [-0.05, 0) is 18.4 Å². The van der Waals surface area contributed by atoms with Gasteiger partial charge in [0.15, 0.2) is 12.4 Å². The van der Waals surface area contributed by atoms with Crippen LogP contribution in [0.3, 0.4) is 0 Å². The van der Waals surface area contributed by atoms with Crippen molar-refractivity contribution in [3.63, 3.8) is 0 Å². The molecule has 0 aromatic carbocycles. The average Bonchev–Trinajstić information content (AvgIpc) is 2.37. The Labute approximate surface area is 118 Å². The van der Waals surface area contributed by atoms with Crippen LogP contribution < -0.4 is 4.57 Å². The lowest BCUT2D eigenvalue weighted by Crippen LogP contribution is -2.43. The molecule has 0 aliphatic heterocycles. The van der Waals surface area contributed by atoms with E-state index in [1.54, 1.807) is 29.1 Å². The summed E-state index contributed by atoms with van der Waals surface area (Å²) in [4.78, 5) is 11.2. The number of carbonyl (C=O) groups is 1. The van der Waals surface area contributed by atoms with Crippen LogP contribution in [0.1, 0.15) is 37.8 Å². The van der Waals surface area contributed by atoms with Gasteiger partial charge < -0.3 is 5.11 Å². The molecule has 0 radical (unpaired) electrons. The Bertz CT molecular complexity index is 538. The molecule has 0 spiro atoms. The number of aliphatic carboxylic acids is 1. The van der Waals surface area contributed by atoms with E-state index in [2.05, 4.69) is 0 Å². The molecular weight excluding hydrogens is 282 g/mol. The van der Waals surface area contributed by atoms with Crippen LogP contribution in [0, 0.1) is 0 Å². The second kappa shape index (κ2) is 7.35. The Morgan fingerprint density at radius 2 is 1.95 bits per heavy atom. The van der Waals surface area contributed by atoms with Crippen LogP contribution in [0.4, 0.5) is 0 Å². The number of carboxylic acids is 1. The summed E-state index contributed by atoms with van der Waals surface area (Å²) in [5, 5.41) is 9.20. The fraction of sp³-hybridized carbons (Fsp3) is 0.538. The summed E-state index contributed by atoms with van der Waals surface area (Å²) in [6.07, 6.45) is 5.78. The van der Waals surface area contributed by atoms with Crippen LogP contribution in [-0.4, -0.2) is 29.8 Å². The van der Waals surface area contributed by atoms with Crippen molar-refractivity contribution in [1.82, 2.24) is 0 Å². The molecule has 112 valence electrons. The lowest BCUT2D eigenvalue weighted by atomic mass is 10.1. The molecule has 1 aromatic rings. The Morgan fingerprint density at radius 1 is 1.35 bits per heavy atom. The summed E-state index contributed by atoms with van der Waals surface area (Å²) >= 11 is 0. The van der Waals surface area contributed by atoms with E-state index in [4.69, 9.17) is 4.55 Å². The van der Waals surface area contributed by atoms with E-state index >= 15 is 0 Å². The van der Waals surface area contributed by atoms with Crippen LogP contribution in [0.5, 0.6) is 0 Å². The molecule has 0 amide bonds. The second-order valence-corrected chi connectivity index (χ2v) is 6.26. The monoisotopic (exact) mass is 302 g/mol. The van der Waals surface area contributed by atoms with Gasteiger partial charge >= 0.3 is 5.97 Å². The minimum atomic E-state index is -3.98. The zero-order chi connectivity index (χ0) is 15.2. The van der Waals surface area contributed by atoms with Crippen LogP contribution >= 0.6 is 0 Å². The molecule has 6 nitrogen and oxygen atoms in total. The molecule has 1 rings (SSSR count). The van der Waals surface area contributed by atoms with Gasteiger partial charge in [0.05, 0.1) is 5.75 Å². The normalized spacial score (nSPS) is 13.1. The van der Waals surface area contributed by atoms with E-state index in [1.807, 2.05) is 6.92 Å². The number of nitrogens with zero attached hydrogens (tertiary/aromatic N) is 1. The van der Waals surface area contributed by atoms with E-state index < -0.39 is 22.1 Å². The molecule has 1 heterocycles. The molecule has 0 unspecified atom stereocenters. The van der Waals surface area contributed by atoms with Crippen LogP contribution in [0.2, 0.25) is 0 Å². The minimum Gasteiger partial charge on any atom is -0.476 e. The molecular formula is C13H20NO5S+. The predicted molar refractivity (Wildman–Crippen MR) is 73.0 cm³/mol. The largest absolute Gasteiger partial charge is 0.476 e. The van der Waals surface area contributed by atoms with Gasteiger partial charge in [0.2, 0.25) is 0 Å². The van der Waals surface area contributed by atoms with Crippen molar-refractivity contribution >= 4 is 16.1 Å². The fourth-order valence-corrected chi connectivity index (χ4v) is 2.38. The van der Waals surface area contributed by atoms with Crippen molar-refractivity contribution in [1.29, 1.82) is 0 Å². The Hall–Kier alpha value is -1.47. The second-order valence-electron chi connectivity index (χ2n) is 4.69. The van der Waals surface area contributed by atoms with Crippen molar-refractivity contribution in [2.45, 2.75) is 38.6 Å². The topological polar surface area (TPSA) is 95.5 Å². The zero-order valence-corrected chi connectivity index (χ0v) is 12.2. The highest BCUT2D eigenvalue weighted by Gasteiger charge is 2.25. The summed E-state index contributed by atoms with van der Waals surface area (Å²) < 4.78 is 31.6. The highest BCUT2D eigenvalue weighted by Crippen LogP contribution is 2.09. The summed E-state index contributed by atoms with van der Waals surface area (Å²) in [5.74, 6) is -1.22. The van der Waals surface area contributed by atoms with Gasteiger partial charge in [-0.1, -0.05) is 13.3 Å². The van der Waals surface area contributed by atoms with E-state index in [1.165, 1.54) is 0 Å². The molecule has 0 saturated heterocycles. The maximum atomic E-state index is 11.2. The molecule has 0 aliphatic carbocycles. The molecule has 2 N–H and O–H groups in total. The highest BCUT2D eigenvalue weighted by atomic mass is 32.2. The van der Waals surface area contributed by atoms with E-state index in [0.717, 1.165) is 18.4 Å². The van der Waals surface area contributed by atoms with Crippen LogP contribution in [-0.2, 0) is 21.3 Å². The number of hydrogen-bond acceptors (Lipinski definition) is 3. The number of pyridine rings is 1. The number of rotatable bonds is 8. The molecule has 0 saturated carbocycles. The van der Waals surface area contributed by atoms with Gasteiger partial charge in [0, 0.05) is 18.6 Å². The third-order valence-corrected chi connectivity index (χ3v) is 3.77. The van der Waals surface area contributed by atoms with Gasteiger partial charge in [0.1, 0.15) is 0 Å². The quantitative estimate of drug-likeness (QED) is 0.556. The van der Waals surface area contributed by atoms with E-state index in [9.17, 15) is 18.3 Å². The van der Waals surface area contributed by atoms with Gasteiger partial charge in [-0.2, -0.15) is 13.0 Å². The first-order chi connectivity index (χ1) is 9.33. The standard InChI is InChI=1S/C13H19NO5S/c1-2-3-4-12(13(15)16)14-8-5-11(6-9-14)7-10-20(17,18)19/h5-6,8-9,12H,2-4,7,10H2,1H3,(H-,15,16,17,18,19)/p+1/t12-/m1/s1. The minimum absolute atomic E-state index is 0.201. The lowest BCUT2D eigenvalue weighted by Gasteiger charge is -2.07. The first-order valence-corrected chi connectivity index (χ1v) is 8.12. The zero-order valence-electron chi connectivity index (χ0n) is 11.4. The summed E-state index contributed by atoms with van der Waals surface area (Å²) in [6.45, 7) is 2.00. The Balaban J connectivity index is 2.75. The maximum absolute atomic E-state index is 11.2. The fourth-order valence-electron chi connectivity index (χ4n) is 1.89.